The highest BCUT2D eigenvalue weighted by Crippen LogP contribution is 2.41. The summed E-state index contributed by atoms with van der Waals surface area (Å²) in [6.45, 7) is 1.84. The number of aliphatic hydroxyl groups excluding tert-OH is 1. The molecule has 1 aliphatic heterocycles. The maximum Gasteiger partial charge on any atom is 0.290 e. The largest absolute Gasteiger partial charge is 0.508 e. The first-order valence-electron chi connectivity index (χ1n) is 10.9. The quantitative estimate of drug-likeness (QED) is 0.374. The molecular formula is C27H21N3O4S. The van der Waals surface area contributed by atoms with Crippen LogP contribution in [0.1, 0.15) is 32.7 Å². The van der Waals surface area contributed by atoms with Gasteiger partial charge in [-0.2, -0.15) is 0 Å². The van der Waals surface area contributed by atoms with Gasteiger partial charge < -0.3 is 15.1 Å². The first-order valence-corrected chi connectivity index (χ1v) is 11.8. The van der Waals surface area contributed by atoms with Crippen LogP contribution >= 0.6 is 11.3 Å². The van der Waals surface area contributed by atoms with Crippen LogP contribution in [0.4, 0.5) is 0 Å². The molecule has 4 aromatic rings. The van der Waals surface area contributed by atoms with E-state index in [9.17, 15) is 19.8 Å². The zero-order chi connectivity index (χ0) is 24.5. The molecule has 1 atom stereocenters. The highest BCUT2D eigenvalue weighted by Gasteiger charge is 2.44. The molecule has 0 fully saturated rings. The van der Waals surface area contributed by atoms with E-state index in [-0.39, 0.29) is 17.9 Å². The molecule has 1 unspecified atom stereocenters. The molecule has 0 radical (unpaired) electrons. The lowest BCUT2D eigenvalue weighted by atomic mass is 9.95. The number of benzene rings is 2. The average Bonchev–Trinajstić information content (AvgIpc) is 3.38. The van der Waals surface area contributed by atoms with E-state index in [1.54, 1.807) is 37.4 Å². The molecule has 0 saturated heterocycles. The molecule has 0 aliphatic carbocycles. The van der Waals surface area contributed by atoms with Gasteiger partial charge in [-0.25, -0.2) is 4.98 Å². The van der Waals surface area contributed by atoms with E-state index in [0.717, 1.165) is 5.56 Å². The Kier molecular flexibility index (Phi) is 5.88. The van der Waals surface area contributed by atoms with Crippen LogP contribution in [0.3, 0.4) is 0 Å². The molecule has 7 nitrogen and oxygen atoms in total. The summed E-state index contributed by atoms with van der Waals surface area (Å²) in [5, 5.41) is 21.4. The Bertz CT molecular complexity index is 1430. The number of nitrogens with zero attached hydrogens (tertiary/aromatic N) is 3. The van der Waals surface area contributed by atoms with Crippen LogP contribution in [0, 0.1) is 6.92 Å². The molecule has 8 heteroatoms. The van der Waals surface area contributed by atoms with Crippen molar-refractivity contribution in [3.8, 4) is 16.3 Å². The zero-order valence-corrected chi connectivity index (χ0v) is 19.6. The summed E-state index contributed by atoms with van der Waals surface area (Å²) in [5.41, 5.74) is 2.60. The number of hydrogen-bond donors (Lipinski definition) is 2. The number of carbonyl (C=O) groups is 2. The second-order valence-corrected chi connectivity index (χ2v) is 9.14. The number of hydrogen-bond acceptors (Lipinski definition) is 7. The van der Waals surface area contributed by atoms with Gasteiger partial charge in [-0.3, -0.25) is 14.6 Å². The van der Waals surface area contributed by atoms with Gasteiger partial charge in [0.05, 0.1) is 34.4 Å². The Morgan fingerprint density at radius 2 is 1.71 bits per heavy atom. The van der Waals surface area contributed by atoms with Gasteiger partial charge in [0.25, 0.3) is 5.91 Å². The minimum absolute atomic E-state index is 0.0111. The fourth-order valence-electron chi connectivity index (χ4n) is 4.15. The van der Waals surface area contributed by atoms with Gasteiger partial charge in [0.1, 0.15) is 10.8 Å². The van der Waals surface area contributed by atoms with E-state index < -0.39 is 23.5 Å². The summed E-state index contributed by atoms with van der Waals surface area (Å²) in [7, 11) is 0. The molecular weight excluding hydrogens is 462 g/mol. The van der Waals surface area contributed by atoms with Crippen molar-refractivity contribution in [1.82, 2.24) is 14.9 Å². The smallest absolute Gasteiger partial charge is 0.290 e. The number of aromatic hydroxyl groups is 1. The van der Waals surface area contributed by atoms with E-state index in [1.165, 1.54) is 28.4 Å². The maximum absolute atomic E-state index is 13.8. The minimum Gasteiger partial charge on any atom is -0.508 e. The number of ketones is 1. The van der Waals surface area contributed by atoms with Crippen LogP contribution in [-0.2, 0) is 11.3 Å². The fraction of sp³-hybridized carbons (Fsp3) is 0.111. The average molecular weight is 484 g/mol. The van der Waals surface area contributed by atoms with Gasteiger partial charge >= 0.3 is 0 Å². The molecule has 3 heterocycles. The van der Waals surface area contributed by atoms with Crippen molar-refractivity contribution in [2.75, 3.05) is 0 Å². The monoisotopic (exact) mass is 483 g/mol. The molecule has 2 aromatic carbocycles. The third kappa shape index (κ3) is 4.20. The number of pyridine rings is 1. The molecule has 0 bridgehead atoms. The molecule has 0 saturated carbocycles. The van der Waals surface area contributed by atoms with Gasteiger partial charge in [0.2, 0.25) is 5.78 Å². The predicted molar refractivity (Wildman–Crippen MR) is 132 cm³/mol. The minimum atomic E-state index is -0.848. The highest BCUT2D eigenvalue weighted by atomic mass is 32.1. The third-order valence-corrected chi connectivity index (χ3v) is 7.04. The summed E-state index contributed by atoms with van der Waals surface area (Å²) in [6, 6.07) is 20.3. The summed E-state index contributed by atoms with van der Waals surface area (Å²) in [5.74, 6) is -1.63. The Hall–Kier alpha value is -4.30. The van der Waals surface area contributed by atoms with E-state index >= 15 is 0 Å². The lowest BCUT2D eigenvalue weighted by molar-refractivity contribution is -0.130. The van der Waals surface area contributed by atoms with Crippen LogP contribution in [-0.4, -0.2) is 36.8 Å². The van der Waals surface area contributed by atoms with Crippen molar-refractivity contribution in [2.24, 2.45) is 0 Å². The number of rotatable bonds is 6. The first-order chi connectivity index (χ1) is 16.9. The number of carbonyl (C=O) groups excluding carboxylic acids is 2. The number of aliphatic hydroxyl groups is 1. The molecule has 2 aromatic heterocycles. The van der Waals surface area contributed by atoms with Gasteiger partial charge in [0.15, 0.2) is 5.76 Å². The summed E-state index contributed by atoms with van der Waals surface area (Å²) in [4.78, 5) is 37.7. The number of aryl methyl sites for hydroxylation is 1. The molecule has 1 aliphatic rings. The summed E-state index contributed by atoms with van der Waals surface area (Å²) in [6.07, 6.45) is 1.62. The van der Waals surface area contributed by atoms with Crippen molar-refractivity contribution in [1.29, 1.82) is 0 Å². The van der Waals surface area contributed by atoms with Crippen LogP contribution < -0.4 is 0 Å². The molecule has 5 rings (SSSR count). The van der Waals surface area contributed by atoms with Crippen molar-refractivity contribution >= 4 is 23.0 Å². The molecule has 2 N–H and O–H groups in total. The zero-order valence-electron chi connectivity index (χ0n) is 18.8. The Balaban J connectivity index is 1.58. The first kappa shape index (κ1) is 22.5. The van der Waals surface area contributed by atoms with Crippen molar-refractivity contribution in [2.45, 2.75) is 19.5 Å². The number of phenolic OH excluding ortho intramolecular Hbond substituents is 1. The van der Waals surface area contributed by atoms with E-state index in [2.05, 4.69) is 9.97 Å². The van der Waals surface area contributed by atoms with Crippen LogP contribution in [0.5, 0.6) is 5.75 Å². The molecule has 174 valence electrons. The number of aromatic nitrogens is 2. The number of Topliss-reactive ketones (excluding diaryl/α,β-unsaturated/α-hetero) is 1. The van der Waals surface area contributed by atoms with Crippen molar-refractivity contribution in [3.63, 3.8) is 0 Å². The highest BCUT2D eigenvalue weighted by molar-refractivity contribution is 7.17. The van der Waals surface area contributed by atoms with E-state index in [0.29, 0.717) is 26.8 Å². The fourth-order valence-corrected chi connectivity index (χ4v) is 5.18. The second-order valence-electron chi connectivity index (χ2n) is 8.14. The second kappa shape index (κ2) is 9.15. The van der Waals surface area contributed by atoms with Crippen LogP contribution in [0.2, 0.25) is 0 Å². The van der Waals surface area contributed by atoms with Gasteiger partial charge in [-0.05, 0) is 36.8 Å². The standard InChI is InChI=1S/C27H21N3O4S/c1-16-25(35-26(29-16)18-7-3-2-4-8-18)23(32)21-22(17-10-12-20(31)13-11-17)30(27(34)24(21)33)15-19-9-5-6-14-28-19/h2-14,22,31,33H,15H2,1H3. The third-order valence-electron chi connectivity index (χ3n) is 5.84. The van der Waals surface area contributed by atoms with E-state index in [4.69, 9.17) is 0 Å². The van der Waals surface area contributed by atoms with Gasteiger partial charge in [-0.15, -0.1) is 11.3 Å². The Morgan fingerprint density at radius 1 is 1.00 bits per heavy atom. The van der Waals surface area contributed by atoms with Crippen molar-refractivity contribution in [3.05, 3.63) is 112 Å². The van der Waals surface area contributed by atoms with Crippen LogP contribution in [0.15, 0.2) is 90.3 Å². The summed E-state index contributed by atoms with van der Waals surface area (Å²) >= 11 is 1.23. The predicted octanol–water partition coefficient (Wildman–Crippen LogP) is 5.00. The molecule has 35 heavy (non-hydrogen) atoms. The Labute approximate surface area is 205 Å². The summed E-state index contributed by atoms with van der Waals surface area (Å²) < 4.78 is 0. The lowest BCUT2D eigenvalue weighted by Crippen LogP contribution is -2.31. The topological polar surface area (TPSA) is 104 Å². The van der Waals surface area contributed by atoms with E-state index in [1.807, 2.05) is 36.4 Å². The number of thiazole rings is 1. The molecule has 1 amide bonds. The normalized spacial score (nSPS) is 15.6. The Morgan fingerprint density at radius 3 is 2.40 bits per heavy atom. The maximum atomic E-state index is 13.8. The lowest BCUT2D eigenvalue weighted by Gasteiger charge is -2.26. The number of amides is 1. The SMILES string of the molecule is Cc1nc(-c2ccccc2)sc1C(=O)C1=C(O)C(=O)N(Cc2ccccn2)C1c1ccc(O)cc1. The number of phenols is 1. The van der Waals surface area contributed by atoms with Crippen LogP contribution in [0.25, 0.3) is 10.6 Å². The van der Waals surface area contributed by atoms with Gasteiger partial charge in [0, 0.05) is 11.8 Å². The van der Waals surface area contributed by atoms with Gasteiger partial charge in [-0.1, -0.05) is 48.5 Å². The molecule has 0 spiro atoms. The van der Waals surface area contributed by atoms with Crippen molar-refractivity contribution < 1.29 is 19.8 Å².